The molecule has 0 aliphatic carbocycles. The Morgan fingerprint density at radius 2 is 1.77 bits per heavy atom. The zero-order chi connectivity index (χ0) is 20.3. The van der Waals surface area contributed by atoms with E-state index in [9.17, 15) is 5.11 Å². The van der Waals surface area contributed by atoms with Gasteiger partial charge in [0, 0.05) is 50.0 Å². The van der Waals surface area contributed by atoms with Crippen LogP contribution < -0.4 is 0 Å². The Morgan fingerprint density at radius 3 is 2.27 bits per heavy atom. The molecule has 0 spiro atoms. The highest BCUT2D eigenvalue weighted by molar-refractivity contribution is 8.21. The minimum Gasteiger partial charge on any atom is -0.390 e. The minimum atomic E-state index is -1.92. The minimum absolute atomic E-state index is 0.296. The number of methoxy groups -OCH3 is 1. The number of aliphatic hydroxyl groups is 1. The van der Waals surface area contributed by atoms with Crippen LogP contribution >= 0.6 is 22.6 Å². The summed E-state index contributed by atoms with van der Waals surface area (Å²) < 4.78 is 25.5. The highest BCUT2D eigenvalue weighted by Crippen LogP contribution is 2.49. The molecule has 0 fully saturated rings. The first kappa shape index (κ1) is 27.8. The molecule has 0 aliphatic rings. The Kier molecular flexibility index (Phi) is 20.7. The Hall–Kier alpha value is -0.390. The highest BCUT2D eigenvalue weighted by Gasteiger charge is 2.22. The zero-order valence-corrected chi connectivity index (χ0v) is 18.3. The van der Waals surface area contributed by atoms with Gasteiger partial charge in [0.2, 0.25) is 0 Å². The van der Waals surface area contributed by atoms with Crippen molar-refractivity contribution in [2.75, 3.05) is 66.0 Å². The smallest absolute Gasteiger partial charge is 0.0880 e. The molecular weight excluding hydrogens is 378 g/mol. The molecule has 0 rings (SSSR count). The first-order valence-electron chi connectivity index (χ1n) is 7.99. The van der Waals surface area contributed by atoms with Gasteiger partial charge in [0.05, 0.1) is 44.9 Å². The van der Waals surface area contributed by atoms with Crippen molar-refractivity contribution in [3.05, 3.63) is 24.9 Å². The fraction of sp³-hybridized carbons (Fsp3) is 0.706. The number of ether oxygens (including phenoxy) is 2. The van der Waals surface area contributed by atoms with Gasteiger partial charge >= 0.3 is 0 Å². The van der Waals surface area contributed by atoms with Crippen molar-refractivity contribution in [1.29, 1.82) is 0 Å². The maximum Gasteiger partial charge on any atom is 0.0880 e. The molecule has 0 bridgehead atoms. The van der Waals surface area contributed by atoms with Crippen LogP contribution in [0.2, 0.25) is 0 Å². The van der Waals surface area contributed by atoms with Crippen LogP contribution in [0.3, 0.4) is 0 Å². The second-order valence-electron chi connectivity index (χ2n) is 4.85. The molecule has 0 aromatic heterocycles. The average Bonchev–Trinajstić information content (AvgIpc) is 2.64. The number of hydrogen-bond donors (Lipinski definition) is 1. The van der Waals surface area contributed by atoms with Crippen molar-refractivity contribution < 1.29 is 27.1 Å². The third kappa shape index (κ3) is 15.8. The van der Waals surface area contributed by atoms with Crippen LogP contribution in [0, 0.1) is 0 Å². The third-order valence-corrected chi connectivity index (χ3v) is 6.17. The van der Waals surface area contributed by atoms with Crippen LogP contribution in [0.4, 0.5) is 0 Å². The summed E-state index contributed by atoms with van der Waals surface area (Å²) in [6, 6.07) is 0. The molecule has 26 heavy (non-hydrogen) atoms. The molecular formula is C17H35NO6S2. The summed E-state index contributed by atoms with van der Waals surface area (Å²) in [6.45, 7) is 8.17. The fourth-order valence-electron chi connectivity index (χ4n) is 1.57. The first-order chi connectivity index (χ1) is 12.4. The zero-order valence-electron chi connectivity index (χ0n) is 16.6. The van der Waals surface area contributed by atoms with Crippen molar-refractivity contribution in [2.45, 2.75) is 12.5 Å². The molecule has 7 nitrogen and oxygen atoms in total. The van der Waals surface area contributed by atoms with Crippen molar-refractivity contribution in [3.8, 4) is 0 Å². The maximum atomic E-state index is 9.84. The maximum absolute atomic E-state index is 9.84. The van der Waals surface area contributed by atoms with E-state index >= 15 is 0 Å². The van der Waals surface area contributed by atoms with Crippen LogP contribution in [0.15, 0.2) is 29.9 Å². The van der Waals surface area contributed by atoms with Gasteiger partial charge in [-0.05, 0) is 6.42 Å². The van der Waals surface area contributed by atoms with Crippen molar-refractivity contribution >= 4 is 28.8 Å². The molecule has 1 unspecified atom stereocenters. The lowest BCUT2D eigenvalue weighted by Gasteiger charge is -2.33. The number of nitrogens with zero attached hydrogens (tertiary/aromatic N) is 1. The van der Waals surface area contributed by atoms with Gasteiger partial charge in [0.1, 0.15) is 0 Å². The van der Waals surface area contributed by atoms with E-state index in [1.807, 2.05) is 0 Å². The molecule has 9 heteroatoms. The quantitative estimate of drug-likeness (QED) is 0.326. The lowest BCUT2D eigenvalue weighted by Crippen LogP contribution is -2.19. The van der Waals surface area contributed by atoms with Gasteiger partial charge in [-0.25, -0.2) is 0 Å². The van der Waals surface area contributed by atoms with Crippen LogP contribution in [0.1, 0.15) is 6.42 Å². The van der Waals surface area contributed by atoms with Gasteiger partial charge in [-0.1, -0.05) is 19.2 Å². The predicted molar refractivity (Wildman–Crippen MR) is 113 cm³/mol. The van der Waals surface area contributed by atoms with Crippen LogP contribution in [-0.2, 0) is 22.0 Å². The highest BCUT2D eigenvalue weighted by atomic mass is 32.3. The van der Waals surface area contributed by atoms with Gasteiger partial charge < -0.3 is 14.6 Å². The van der Waals surface area contributed by atoms with E-state index in [0.717, 1.165) is 12.1 Å². The van der Waals surface area contributed by atoms with E-state index in [1.54, 1.807) is 59.6 Å². The monoisotopic (exact) mass is 413 g/mol. The Labute approximate surface area is 164 Å². The molecule has 0 radical (unpaired) electrons. The van der Waals surface area contributed by atoms with Gasteiger partial charge in [-0.15, -0.1) is 0 Å². The summed E-state index contributed by atoms with van der Waals surface area (Å²) >= 11 is 1.57. The Bertz CT molecular complexity index is 370. The largest absolute Gasteiger partial charge is 0.390 e. The van der Waals surface area contributed by atoms with Crippen molar-refractivity contribution in [2.24, 2.45) is 4.99 Å². The summed E-state index contributed by atoms with van der Waals surface area (Å²) in [5.41, 5.74) is 0.751. The van der Waals surface area contributed by atoms with E-state index in [0.29, 0.717) is 30.5 Å². The molecule has 0 heterocycles. The van der Waals surface area contributed by atoms with E-state index in [-0.39, 0.29) is 0 Å². The number of thioether (sulfide) groups is 1. The fourth-order valence-corrected chi connectivity index (χ4v) is 3.74. The molecule has 0 amide bonds. The molecule has 1 N–H and O–H groups in total. The summed E-state index contributed by atoms with van der Waals surface area (Å²) in [5, 5.41) is 9.84. The summed E-state index contributed by atoms with van der Waals surface area (Å²) in [6.07, 6.45) is 3.43. The lowest BCUT2D eigenvalue weighted by atomic mass is 10.4. The molecule has 0 aromatic rings. The van der Waals surface area contributed by atoms with E-state index in [4.69, 9.17) is 17.3 Å². The van der Waals surface area contributed by atoms with Gasteiger partial charge in [-0.3, -0.25) is 17.5 Å². The summed E-state index contributed by atoms with van der Waals surface area (Å²) in [4.78, 5) is 4.07. The molecule has 1 atom stereocenters. The SMILES string of the molecule is C=CC=NC(=C)CSCC(O)COCCCS(OC)(OC)OC.COC. The topological polar surface area (TPSA) is 78.7 Å². The number of allylic oxidation sites excluding steroid dienone is 1. The Balaban J connectivity index is 0. The van der Waals surface area contributed by atoms with Crippen LogP contribution in [0.5, 0.6) is 0 Å². The van der Waals surface area contributed by atoms with Crippen molar-refractivity contribution in [3.63, 3.8) is 0 Å². The Morgan fingerprint density at radius 1 is 1.19 bits per heavy atom. The van der Waals surface area contributed by atoms with Gasteiger partial charge in [0.15, 0.2) is 0 Å². The van der Waals surface area contributed by atoms with E-state index < -0.39 is 17.0 Å². The number of rotatable bonds is 15. The number of aliphatic imine (C=N–C) groups is 1. The van der Waals surface area contributed by atoms with E-state index in [2.05, 4.69) is 22.9 Å². The first-order valence-corrected chi connectivity index (χ1v) is 10.7. The van der Waals surface area contributed by atoms with Crippen LogP contribution in [0.25, 0.3) is 0 Å². The van der Waals surface area contributed by atoms with Gasteiger partial charge in [0.25, 0.3) is 0 Å². The molecule has 0 saturated carbocycles. The third-order valence-electron chi connectivity index (χ3n) is 2.70. The number of hydrogen-bond acceptors (Lipinski definition) is 8. The van der Waals surface area contributed by atoms with Crippen molar-refractivity contribution in [1.82, 2.24) is 0 Å². The average molecular weight is 414 g/mol. The predicted octanol–water partition coefficient (Wildman–Crippen LogP) is 3.01. The standard InChI is InChI=1S/C15H29NO5S2.C2H6O/c1-6-8-16-14(2)12-22-13-15(17)11-21-9-7-10-23(18-3,19-4)20-5;1-3-2/h6,8,15,17H,1-2,7,9-13H2,3-5H3;1-2H3. The second-order valence-corrected chi connectivity index (χ2v) is 8.40. The second kappa shape index (κ2) is 19.4. The molecule has 0 aliphatic heterocycles. The lowest BCUT2D eigenvalue weighted by molar-refractivity contribution is 0.0487. The molecule has 0 aromatic carbocycles. The summed E-state index contributed by atoms with van der Waals surface area (Å²) in [7, 11) is 6.03. The molecule has 156 valence electrons. The summed E-state index contributed by atoms with van der Waals surface area (Å²) in [5.74, 6) is 1.87. The normalized spacial score (nSPS) is 13.2. The van der Waals surface area contributed by atoms with Crippen LogP contribution in [-0.4, -0.2) is 83.4 Å². The van der Waals surface area contributed by atoms with E-state index in [1.165, 1.54) is 0 Å². The number of aliphatic hydroxyl groups excluding tert-OH is 1. The molecule has 0 saturated heterocycles. The van der Waals surface area contributed by atoms with Gasteiger partial charge in [-0.2, -0.15) is 11.8 Å².